The minimum Gasteiger partial charge on any atom is -0.363 e. The number of fused-ring (bicyclic) bond motifs is 2. The van der Waals surface area contributed by atoms with Crippen molar-refractivity contribution in [3.63, 3.8) is 0 Å². The molecule has 2 atom stereocenters. The largest absolute Gasteiger partial charge is 0.363 e. The third-order valence-electron chi connectivity index (χ3n) is 6.38. The number of hydrogen-bond donors (Lipinski definition) is 2. The van der Waals surface area contributed by atoms with Gasteiger partial charge in [0.1, 0.15) is 0 Å². The van der Waals surface area contributed by atoms with Gasteiger partial charge in [-0.3, -0.25) is 4.99 Å². The molecule has 2 unspecified atom stereocenters. The molecule has 9 heteroatoms. The smallest absolute Gasteiger partial charge is 0.196 e. The maximum atomic E-state index is 6.75. The first-order chi connectivity index (χ1) is 17.0. The molecule has 0 amide bonds. The Morgan fingerprint density at radius 2 is 2.03 bits per heavy atom. The van der Waals surface area contributed by atoms with Crippen LogP contribution < -0.4 is 15.5 Å². The zero-order valence-corrected chi connectivity index (χ0v) is 22.6. The number of benzene rings is 2. The Balaban J connectivity index is 1.23. The summed E-state index contributed by atoms with van der Waals surface area (Å²) in [7, 11) is 2.13. The molecule has 184 valence electrons. The number of nitrogens with one attached hydrogen (secondary N) is 2. The number of allylic oxidation sites excluding steroid dienone is 2. The maximum Gasteiger partial charge on any atom is 0.196 e. The molecule has 35 heavy (non-hydrogen) atoms. The van der Waals surface area contributed by atoms with Crippen LogP contribution in [0, 0.1) is 0 Å². The fraction of sp³-hybridized carbons (Fsp3) is 0.346. The predicted octanol–water partition coefficient (Wildman–Crippen LogP) is 6.32. The van der Waals surface area contributed by atoms with Gasteiger partial charge in [0.25, 0.3) is 0 Å². The monoisotopic (exact) mass is 547 g/mol. The highest BCUT2D eigenvalue weighted by Crippen LogP contribution is 2.44. The Hall–Kier alpha value is -1.83. The first kappa shape index (κ1) is 24.8. The molecule has 0 aromatic heterocycles. The van der Waals surface area contributed by atoms with Gasteiger partial charge in [-0.05, 0) is 49.8 Å². The zero-order chi connectivity index (χ0) is 24.4. The molecule has 5 rings (SSSR count). The van der Waals surface area contributed by atoms with Gasteiger partial charge in [0, 0.05) is 29.6 Å². The summed E-state index contributed by atoms with van der Waals surface area (Å²) in [4.78, 5) is 10.5. The molecule has 2 heterocycles. The molecular weight excluding hydrogens is 521 g/mol. The molecule has 0 radical (unpaired) electrons. The lowest BCUT2D eigenvalue weighted by Gasteiger charge is -2.42. The van der Waals surface area contributed by atoms with Crippen LogP contribution in [0.15, 0.2) is 64.5 Å². The van der Waals surface area contributed by atoms with E-state index >= 15 is 0 Å². The summed E-state index contributed by atoms with van der Waals surface area (Å²) in [6, 6.07) is 10.5. The summed E-state index contributed by atoms with van der Waals surface area (Å²) < 4.78 is 0. The Kier molecular flexibility index (Phi) is 7.85. The lowest BCUT2D eigenvalue weighted by molar-refractivity contribution is 0.322. The average Bonchev–Trinajstić information content (AvgIpc) is 3.37. The predicted molar refractivity (Wildman–Crippen MR) is 152 cm³/mol. The first-order valence-corrected chi connectivity index (χ1v) is 13.8. The van der Waals surface area contributed by atoms with Gasteiger partial charge >= 0.3 is 0 Å². The number of thioether (sulfide) groups is 1. The molecule has 0 spiro atoms. The number of aliphatic imine (C=N–C) groups is 1. The van der Waals surface area contributed by atoms with E-state index in [0.29, 0.717) is 33.0 Å². The van der Waals surface area contributed by atoms with Gasteiger partial charge in [0.15, 0.2) is 5.96 Å². The van der Waals surface area contributed by atoms with Crippen LogP contribution >= 0.6 is 46.6 Å². The number of hydrogen-bond acceptors (Lipinski definition) is 6. The topological polar surface area (TPSA) is 42.9 Å². The van der Waals surface area contributed by atoms with Gasteiger partial charge in [0.05, 0.1) is 39.3 Å². The fourth-order valence-electron chi connectivity index (χ4n) is 4.67. The van der Waals surface area contributed by atoms with Crippen LogP contribution in [0.4, 0.5) is 11.4 Å². The molecule has 0 saturated heterocycles. The Labute approximate surface area is 226 Å². The molecule has 2 aromatic rings. The van der Waals surface area contributed by atoms with Crippen molar-refractivity contribution in [1.82, 2.24) is 10.2 Å². The van der Waals surface area contributed by atoms with Crippen molar-refractivity contribution in [3.8, 4) is 0 Å². The highest BCUT2D eigenvalue weighted by atomic mass is 35.5. The summed E-state index contributed by atoms with van der Waals surface area (Å²) in [5.74, 6) is 0.712. The number of halogens is 3. The molecule has 2 aliphatic heterocycles. The van der Waals surface area contributed by atoms with Gasteiger partial charge < -0.3 is 20.4 Å². The highest BCUT2D eigenvalue weighted by Gasteiger charge is 2.32. The van der Waals surface area contributed by atoms with E-state index in [1.54, 1.807) is 0 Å². The van der Waals surface area contributed by atoms with E-state index in [4.69, 9.17) is 34.8 Å². The van der Waals surface area contributed by atoms with Crippen molar-refractivity contribution in [2.45, 2.75) is 29.2 Å². The van der Waals surface area contributed by atoms with Gasteiger partial charge in [-0.25, -0.2) is 0 Å². The maximum absolute atomic E-state index is 6.75. The molecule has 0 bridgehead atoms. The number of nitrogens with zero attached hydrogens (tertiary/aromatic N) is 3. The van der Waals surface area contributed by atoms with E-state index in [1.807, 2.05) is 30.0 Å². The van der Waals surface area contributed by atoms with Crippen LogP contribution in [0.2, 0.25) is 15.1 Å². The van der Waals surface area contributed by atoms with Crippen LogP contribution in [0.3, 0.4) is 0 Å². The molecule has 1 aliphatic carbocycles. The van der Waals surface area contributed by atoms with Crippen molar-refractivity contribution < 1.29 is 0 Å². The second kappa shape index (κ2) is 11.1. The van der Waals surface area contributed by atoms with Gasteiger partial charge in [-0.2, -0.15) is 0 Å². The molecule has 0 saturated carbocycles. The minimum absolute atomic E-state index is 0.340. The SMILES string of the molecule is CN(CCCN1c2cc(Cl)ccc2SC2C=CC=CC21)Cc1ccc(Cl)c(NC2=NCCN2)c1Cl. The lowest BCUT2D eigenvalue weighted by Crippen LogP contribution is -2.45. The Morgan fingerprint density at radius 1 is 1.17 bits per heavy atom. The summed E-state index contributed by atoms with van der Waals surface area (Å²) in [5.41, 5.74) is 2.97. The van der Waals surface area contributed by atoms with E-state index < -0.39 is 0 Å². The normalized spacial score (nSPS) is 20.5. The summed E-state index contributed by atoms with van der Waals surface area (Å²) in [6.45, 7) is 4.19. The van der Waals surface area contributed by atoms with Crippen molar-refractivity contribution in [1.29, 1.82) is 0 Å². The van der Waals surface area contributed by atoms with Gasteiger partial charge in [-0.1, -0.05) is 65.2 Å². The van der Waals surface area contributed by atoms with Crippen molar-refractivity contribution in [2.24, 2.45) is 4.99 Å². The van der Waals surface area contributed by atoms with E-state index in [1.165, 1.54) is 10.6 Å². The van der Waals surface area contributed by atoms with E-state index in [0.717, 1.165) is 49.7 Å². The quantitative estimate of drug-likeness (QED) is 0.424. The van der Waals surface area contributed by atoms with E-state index in [2.05, 4.69) is 68.9 Å². The van der Waals surface area contributed by atoms with Crippen LogP contribution in [0.1, 0.15) is 12.0 Å². The summed E-state index contributed by atoms with van der Waals surface area (Å²) >= 11 is 21.5. The van der Waals surface area contributed by atoms with Crippen LogP contribution in [0.25, 0.3) is 0 Å². The molecule has 3 aliphatic rings. The fourth-order valence-corrected chi connectivity index (χ4v) is 6.64. The second-order valence-electron chi connectivity index (χ2n) is 8.92. The average molecular weight is 549 g/mol. The molecule has 2 aromatic carbocycles. The van der Waals surface area contributed by atoms with Crippen LogP contribution in [0.5, 0.6) is 0 Å². The van der Waals surface area contributed by atoms with E-state index in [-0.39, 0.29) is 0 Å². The molecular formula is C26H28Cl3N5S. The highest BCUT2D eigenvalue weighted by molar-refractivity contribution is 8.00. The number of guanidine groups is 1. The van der Waals surface area contributed by atoms with Gasteiger partial charge in [-0.15, -0.1) is 11.8 Å². The Bertz CT molecular complexity index is 1180. The number of anilines is 2. The second-order valence-corrected chi connectivity index (χ2v) is 11.4. The minimum atomic E-state index is 0.340. The summed E-state index contributed by atoms with van der Waals surface area (Å²) in [6.07, 6.45) is 9.92. The van der Waals surface area contributed by atoms with Crippen LogP contribution in [-0.2, 0) is 6.54 Å². The third-order valence-corrected chi connectivity index (χ3v) is 8.67. The zero-order valence-electron chi connectivity index (χ0n) is 19.5. The first-order valence-electron chi connectivity index (χ1n) is 11.8. The van der Waals surface area contributed by atoms with Crippen molar-refractivity contribution in [3.05, 3.63) is 75.3 Å². The number of rotatable bonds is 7. The van der Waals surface area contributed by atoms with Crippen molar-refractivity contribution in [2.75, 3.05) is 43.4 Å². The Morgan fingerprint density at radius 3 is 2.86 bits per heavy atom. The summed E-state index contributed by atoms with van der Waals surface area (Å²) in [5, 5.41) is 8.86. The standard InChI is InChI=1S/C26H28Cl3N5S/c1-33(16-17-7-9-19(28)25(24(17)29)32-26-30-11-12-31-26)13-4-14-34-20-5-2-3-6-22(20)35-23-10-8-18(27)15-21(23)34/h2-3,5-10,15,20,22H,4,11-14,16H2,1H3,(H2,30,31,32). The van der Waals surface area contributed by atoms with Gasteiger partial charge in [0.2, 0.25) is 0 Å². The third kappa shape index (κ3) is 5.62. The van der Waals surface area contributed by atoms with E-state index in [9.17, 15) is 0 Å². The molecule has 5 nitrogen and oxygen atoms in total. The molecule has 2 N–H and O–H groups in total. The lowest BCUT2D eigenvalue weighted by atomic mass is 10.0. The van der Waals surface area contributed by atoms with Crippen LogP contribution in [-0.4, -0.2) is 55.4 Å². The van der Waals surface area contributed by atoms with Crippen molar-refractivity contribution >= 4 is 63.9 Å². The molecule has 0 fully saturated rings.